The van der Waals surface area contributed by atoms with Crippen LogP contribution in [0.25, 0.3) is 0 Å². The van der Waals surface area contributed by atoms with Gasteiger partial charge >= 0.3 is 6.03 Å². The SMILES string of the molecule is O=C(CNC(=O)NCc1ccc(F)cc1)NCC1CNCC1O. The zero-order valence-corrected chi connectivity index (χ0v) is 12.6. The van der Waals surface area contributed by atoms with E-state index in [1.54, 1.807) is 12.1 Å². The van der Waals surface area contributed by atoms with Crippen LogP contribution in [0.4, 0.5) is 9.18 Å². The van der Waals surface area contributed by atoms with Crippen molar-refractivity contribution in [3.05, 3.63) is 35.6 Å². The lowest BCUT2D eigenvalue weighted by Crippen LogP contribution is -2.43. The first kappa shape index (κ1) is 17.2. The molecule has 1 aromatic carbocycles. The molecule has 0 saturated carbocycles. The highest BCUT2D eigenvalue weighted by molar-refractivity contribution is 5.83. The second-order valence-corrected chi connectivity index (χ2v) is 5.45. The number of hydrogen-bond donors (Lipinski definition) is 5. The van der Waals surface area contributed by atoms with Gasteiger partial charge in [-0.05, 0) is 17.7 Å². The molecule has 8 heteroatoms. The maximum atomic E-state index is 12.7. The molecule has 3 amide bonds. The van der Waals surface area contributed by atoms with Gasteiger partial charge < -0.3 is 26.4 Å². The standard InChI is InChI=1S/C15H21FN4O3/c16-12-3-1-10(2-4-12)5-19-15(23)20-9-14(22)18-7-11-6-17-8-13(11)21/h1-4,11,13,17,21H,5-9H2,(H,18,22)(H2,19,20,23). The van der Waals surface area contributed by atoms with E-state index in [4.69, 9.17) is 0 Å². The highest BCUT2D eigenvalue weighted by atomic mass is 19.1. The van der Waals surface area contributed by atoms with Gasteiger partial charge in [-0.3, -0.25) is 4.79 Å². The minimum absolute atomic E-state index is 0.00810. The molecule has 1 aliphatic rings. The lowest BCUT2D eigenvalue weighted by Gasteiger charge is -2.14. The summed E-state index contributed by atoms with van der Waals surface area (Å²) in [6.45, 7) is 1.66. The fraction of sp³-hybridized carbons (Fsp3) is 0.467. The van der Waals surface area contributed by atoms with Gasteiger partial charge in [-0.1, -0.05) is 12.1 Å². The summed E-state index contributed by atoms with van der Waals surface area (Å²) in [5, 5.41) is 20.3. The lowest BCUT2D eigenvalue weighted by atomic mass is 10.1. The minimum Gasteiger partial charge on any atom is -0.391 e. The van der Waals surface area contributed by atoms with E-state index in [1.165, 1.54) is 12.1 Å². The normalized spacial score (nSPS) is 20.1. The second kappa shape index (κ2) is 8.44. The summed E-state index contributed by atoms with van der Waals surface area (Å²) in [6, 6.07) is 5.29. The molecule has 5 N–H and O–H groups in total. The number of rotatable bonds is 6. The summed E-state index contributed by atoms with van der Waals surface area (Å²) < 4.78 is 12.7. The van der Waals surface area contributed by atoms with Gasteiger partial charge in [0.1, 0.15) is 5.82 Å². The second-order valence-electron chi connectivity index (χ2n) is 5.45. The van der Waals surface area contributed by atoms with Crippen molar-refractivity contribution in [1.29, 1.82) is 0 Å². The molecule has 0 aliphatic carbocycles. The number of nitrogens with one attached hydrogen (secondary N) is 4. The molecule has 0 bridgehead atoms. The maximum absolute atomic E-state index is 12.7. The average molecular weight is 324 g/mol. The van der Waals surface area contributed by atoms with Crippen LogP contribution >= 0.6 is 0 Å². The van der Waals surface area contributed by atoms with Crippen molar-refractivity contribution < 1.29 is 19.1 Å². The number of aliphatic hydroxyl groups is 1. The molecular formula is C15H21FN4O3. The number of benzene rings is 1. The molecule has 23 heavy (non-hydrogen) atoms. The Kier molecular flexibility index (Phi) is 6.30. The van der Waals surface area contributed by atoms with Gasteiger partial charge in [0.2, 0.25) is 5.91 Å². The van der Waals surface area contributed by atoms with E-state index in [2.05, 4.69) is 21.3 Å². The number of β-amino-alcohol motifs (C(OH)–C–C–N with tert-alkyl or cyclic N) is 1. The first-order chi connectivity index (χ1) is 11.0. The summed E-state index contributed by atoms with van der Waals surface area (Å²) in [5.41, 5.74) is 0.758. The molecule has 7 nitrogen and oxygen atoms in total. The molecule has 0 spiro atoms. The highest BCUT2D eigenvalue weighted by Crippen LogP contribution is 2.06. The third kappa shape index (κ3) is 5.84. The number of carbonyl (C=O) groups excluding carboxylic acids is 2. The van der Waals surface area contributed by atoms with Gasteiger partial charge in [-0.15, -0.1) is 0 Å². The Balaban J connectivity index is 1.60. The number of halogens is 1. The largest absolute Gasteiger partial charge is 0.391 e. The predicted octanol–water partition coefficient (Wildman–Crippen LogP) is -0.679. The molecule has 2 atom stereocenters. The third-order valence-electron chi connectivity index (χ3n) is 3.64. The molecule has 0 aromatic heterocycles. The Morgan fingerprint density at radius 3 is 2.57 bits per heavy atom. The summed E-state index contributed by atoms with van der Waals surface area (Å²) >= 11 is 0. The Morgan fingerprint density at radius 1 is 1.17 bits per heavy atom. The van der Waals surface area contributed by atoms with E-state index in [-0.39, 0.29) is 30.7 Å². The van der Waals surface area contributed by atoms with Crippen LogP contribution in [0.2, 0.25) is 0 Å². The first-order valence-electron chi connectivity index (χ1n) is 7.46. The Hall–Kier alpha value is -2.19. The van der Waals surface area contributed by atoms with Crippen LogP contribution in [-0.2, 0) is 11.3 Å². The fourth-order valence-corrected chi connectivity index (χ4v) is 2.24. The summed E-state index contributed by atoms with van der Waals surface area (Å²) in [6.07, 6.45) is -0.456. The zero-order chi connectivity index (χ0) is 16.7. The molecule has 1 heterocycles. The highest BCUT2D eigenvalue weighted by Gasteiger charge is 2.24. The van der Waals surface area contributed by atoms with Gasteiger partial charge in [0, 0.05) is 32.1 Å². The molecule has 126 valence electrons. The first-order valence-corrected chi connectivity index (χ1v) is 7.46. The van der Waals surface area contributed by atoms with Crippen LogP contribution in [0, 0.1) is 11.7 Å². The molecular weight excluding hydrogens is 303 g/mol. The Bertz CT molecular complexity index is 538. The summed E-state index contributed by atoms with van der Waals surface area (Å²) in [5.74, 6) is -0.662. The predicted molar refractivity (Wildman–Crippen MR) is 82.0 cm³/mol. The van der Waals surface area contributed by atoms with Crippen molar-refractivity contribution in [2.45, 2.75) is 12.6 Å². The number of amides is 3. The molecule has 1 aromatic rings. The Morgan fingerprint density at radius 2 is 1.91 bits per heavy atom. The van der Waals surface area contributed by atoms with Crippen LogP contribution in [-0.4, -0.2) is 49.3 Å². The van der Waals surface area contributed by atoms with Crippen molar-refractivity contribution >= 4 is 11.9 Å². The number of aliphatic hydroxyl groups excluding tert-OH is 1. The van der Waals surface area contributed by atoms with Gasteiger partial charge in [0.25, 0.3) is 0 Å². The molecule has 0 radical (unpaired) electrons. The zero-order valence-electron chi connectivity index (χ0n) is 12.6. The van der Waals surface area contributed by atoms with E-state index >= 15 is 0 Å². The van der Waals surface area contributed by atoms with Crippen LogP contribution < -0.4 is 21.3 Å². The molecule has 2 rings (SSSR count). The summed E-state index contributed by atoms with van der Waals surface area (Å²) in [4.78, 5) is 23.2. The van der Waals surface area contributed by atoms with Crippen molar-refractivity contribution in [3.8, 4) is 0 Å². The van der Waals surface area contributed by atoms with Crippen LogP contribution in [0.5, 0.6) is 0 Å². The maximum Gasteiger partial charge on any atom is 0.315 e. The van der Waals surface area contributed by atoms with Crippen molar-refractivity contribution in [2.75, 3.05) is 26.2 Å². The number of urea groups is 1. The number of carbonyl (C=O) groups is 2. The van der Waals surface area contributed by atoms with Crippen molar-refractivity contribution in [2.24, 2.45) is 5.92 Å². The van der Waals surface area contributed by atoms with Gasteiger partial charge in [0.15, 0.2) is 0 Å². The third-order valence-corrected chi connectivity index (χ3v) is 3.64. The van der Waals surface area contributed by atoms with Crippen LogP contribution in [0.1, 0.15) is 5.56 Å². The van der Waals surface area contributed by atoms with E-state index in [9.17, 15) is 19.1 Å². The van der Waals surface area contributed by atoms with Crippen molar-refractivity contribution in [3.63, 3.8) is 0 Å². The molecule has 1 aliphatic heterocycles. The average Bonchev–Trinajstić information content (AvgIpc) is 2.95. The van der Waals surface area contributed by atoms with Crippen LogP contribution in [0.15, 0.2) is 24.3 Å². The van der Waals surface area contributed by atoms with E-state index in [0.29, 0.717) is 19.6 Å². The molecule has 1 fully saturated rings. The molecule has 1 saturated heterocycles. The fourth-order valence-electron chi connectivity index (χ4n) is 2.24. The van der Waals surface area contributed by atoms with E-state index in [0.717, 1.165) is 5.56 Å². The topological polar surface area (TPSA) is 102 Å². The van der Waals surface area contributed by atoms with Crippen molar-refractivity contribution in [1.82, 2.24) is 21.3 Å². The summed E-state index contributed by atoms with van der Waals surface area (Å²) in [7, 11) is 0. The van der Waals surface area contributed by atoms with E-state index < -0.39 is 12.1 Å². The van der Waals surface area contributed by atoms with Gasteiger partial charge in [0.05, 0.1) is 12.6 Å². The smallest absolute Gasteiger partial charge is 0.315 e. The quantitative estimate of drug-likeness (QED) is 0.478. The lowest BCUT2D eigenvalue weighted by molar-refractivity contribution is -0.120. The Labute approximate surface area is 133 Å². The van der Waals surface area contributed by atoms with E-state index in [1.807, 2.05) is 0 Å². The molecule has 2 unspecified atom stereocenters. The minimum atomic E-state index is -0.480. The van der Waals surface area contributed by atoms with Crippen LogP contribution in [0.3, 0.4) is 0 Å². The van der Waals surface area contributed by atoms with Gasteiger partial charge in [-0.2, -0.15) is 0 Å². The monoisotopic (exact) mass is 324 g/mol. The number of hydrogen-bond acceptors (Lipinski definition) is 4. The van der Waals surface area contributed by atoms with Gasteiger partial charge in [-0.25, -0.2) is 9.18 Å².